The number of piperazine rings is 1. The van der Waals surface area contributed by atoms with Gasteiger partial charge in [0.2, 0.25) is 6.79 Å². The van der Waals surface area contributed by atoms with E-state index in [-0.39, 0.29) is 0 Å². The van der Waals surface area contributed by atoms with E-state index in [0.29, 0.717) is 6.79 Å². The fourth-order valence-electron chi connectivity index (χ4n) is 3.29. The second kappa shape index (κ2) is 6.28. The highest BCUT2D eigenvalue weighted by Crippen LogP contribution is 2.32. The Morgan fingerprint density at radius 3 is 2.54 bits per heavy atom. The molecule has 1 fully saturated rings. The first-order valence-electron chi connectivity index (χ1n) is 8.35. The maximum atomic E-state index is 5.46. The van der Waals surface area contributed by atoms with Crippen molar-refractivity contribution in [2.24, 2.45) is 0 Å². The van der Waals surface area contributed by atoms with Gasteiger partial charge in [0.25, 0.3) is 0 Å². The summed E-state index contributed by atoms with van der Waals surface area (Å²) in [6, 6.07) is 8.28. The molecule has 1 aromatic heterocycles. The molecule has 24 heavy (non-hydrogen) atoms. The van der Waals surface area contributed by atoms with Crippen LogP contribution < -0.4 is 14.4 Å². The molecule has 0 unspecified atom stereocenters. The van der Waals surface area contributed by atoms with Crippen LogP contribution in [0.1, 0.15) is 17.1 Å². The first-order valence-corrected chi connectivity index (χ1v) is 8.35. The molecule has 126 valence electrons. The number of nitrogens with zero attached hydrogens (tertiary/aromatic N) is 4. The lowest BCUT2D eigenvalue weighted by Gasteiger charge is -2.35. The lowest BCUT2D eigenvalue weighted by atomic mass is 10.1. The summed E-state index contributed by atoms with van der Waals surface area (Å²) in [6.45, 7) is 9.26. The predicted molar refractivity (Wildman–Crippen MR) is 91.6 cm³/mol. The van der Waals surface area contributed by atoms with Crippen LogP contribution in [-0.2, 0) is 6.54 Å². The summed E-state index contributed by atoms with van der Waals surface area (Å²) in [5.41, 5.74) is 2.29. The largest absolute Gasteiger partial charge is 0.454 e. The first-order chi connectivity index (χ1) is 11.7. The number of hydrogen-bond acceptors (Lipinski definition) is 6. The molecule has 4 rings (SSSR count). The third-order valence-corrected chi connectivity index (χ3v) is 4.49. The van der Waals surface area contributed by atoms with Crippen molar-refractivity contribution < 1.29 is 9.47 Å². The minimum atomic E-state index is 0.329. The average molecular weight is 326 g/mol. The number of ether oxygens (including phenoxy) is 2. The van der Waals surface area contributed by atoms with Crippen molar-refractivity contribution in [1.82, 2.24) is 14.9 Å². The number of aromatic nitrogens is 2. The molecular weight excluding hydrogens is 304 g/mol. The van der Waals surface area contributed by atoms with Gasteiger partial charge in [0.15, 0.2) is 11.5 Å². The zero-order valence-corrected chi connectivity index (χ0v) is 14.2. The van der Waals surface area contributed by atoms with Gasteiger partial charge in [-0.3, -0.25) is 4.90 Å². The monoisotopic (exact) mass is 326 g/mol. The molecule has 0 N–H and O–H groups in total. The summed E-state index contributed by atoms with van der Waals surface area (Å²) in [5.74, 6) is 3.59. The molecule has 6 heteroatoms. The van der Waals surface area contributed by atoms with Gasteiger partial charge in [0.1, 0.15) is 11.6 Å². The van der Waals surface area contributed by atoms with Crippen molar-refractivity contribution in [3.05, 3.63) is 41.3 Å². The van der Waals surface area contributed by atoms with Gasteiger partial charge < -0.3 is 14.4 Å². The molecule has 6 nitrogen and oxygen atoms in total. The van der Waals surface area contributed by atoms with Crippen LogP contribution in [0, 0.1) is 13.8 Å². The summed E-state index contributed by atoms with van der Waals surface area (Å²) < 4.78 is 10.8. The third kappa shape index (κ3) is 3.14. The zero-order valence-electron chi connectivity index (χ0n) is 14.2. The number of rotatable bonds is 3. The Balaban J connectivity index is 1.37. The van der Waals surface area contributed by atoms with Crippen molar-refractivity contribution in [3.63, 3.8) is 0 Å². The molecule has 0 aliphatic carbocycles. The predicted octanol–water partition coefficient (Wildman–Crippen LogP) is 2.14. The Morgan fingerprint density at radius 2 is 1.75 bits per heavy atom. The average Bonchev–Trinajstić information content (AvgIpc) is 3.02. The quantitative estimate of drug-likeness (QED) is 0.861. The van der Waals surface area contributed by atoms with Crippen molar-refractivity contribution in [2.45, 2.75) is 20.4 Å². The second-order valence-corrected chi connectivity index (χ2v) is 6.37. The van der Waals surface area contributed by atoms with Gasteiger partial charge >= 0.3 is 0 Å². The van der Waals surface area contributed by atoms with Crippen molar-refractivity contribution in [1.29, 1.82) is 0 Å². The molecule has 3 heterocycles. The Labute approximate surface area is 142 Å². The van der Waals surface area contributed by atoms with Crippen LogP contribution >= 0.6 is 0 Å². The Hall–Kier alpha value is -2.34. The topological polar surface area (TPSA) is 50.7 Å². The van der Waals surface area contributed by atoms with Gasteiger partial charge in [0.05, 0.1) is 0 Å². The fourth-order valence-corrected chi connectivity index (χ4v) is 3.29. The summed E-state index contributed by atoms with van der Waals surface area (Å²) >= 11 is 0. The lowest BCUT2D eigenvalue weighted by Crippen LogP contribution is -2.46. The molecule has 0 atom stereocenters. The second-order valence-electron chi connectivity index (χ2n) is 6.37. The number of aryl methyl sites for hydroxylation is 2. The number of benzene rings is 1. The minimum Gasteiger partial charge on any atom is -0.454 e. The third-order valence-electron chi connectivity index (χ3n) is 4.49. The normalized spacial score (nSPS) is 17.3. The van der Waals surface area contributed by atoms with Crippen LogP contribution in [-0.4, -0.2) is 47.8 Å². The van der Waals surface area contributed by atoms with Crippen LogP contribution in [0.4, 0.5) is 5.82 Å². The number of hydrogen-bond donors (Lipinski definition) is 0. The smallest absolute Gasteiger partial charge is 0.231 e. The van der Waals surface area contributed by atoms with E-state index >= 15 is 0 Å². The summed E-state index contributed by atoms with van der Waals surface area (Å²) in [6.07, 6.45) is 0. The van der Waals surface area contributed by atoms with E-state index in [9.17, 15) is 0 Å². The first kappa shape index (κ1) is 15.2. The molecule has 1 aromatic carbocycles. The molecule has 0 radical (unpaired) electrons. The molecule has 2 aromatic rings. The number of fused-ring (bicyclic) bond motifs is 1. The van der Waals surface area contributed by atoms with E-state index in [1.165, 1.54) is 5.56 Å². The van der Waals surface area contributed by atoms with Crippen LogP contribution in [0.2, 0.25) is 0 Å². The highest BCUT2D eigenvalue weighted by atomic mass is 16.7. The lowest BCUT2D eigenvalue weighted by molar-refractivity contribution is 0.174. The maximum Gasteiger partial charge on any atom is 0.231 e. The van der Waals surface area contributed by atoms with E-state index in [1.807, 2.05) is 19.9 Å². The summed E-state index contributed by atoms with van der Waals surface area (Å²) in [5, 5.41) is 0. The van der Waals surface area contributed by atoms with Crippen LogP contribution in [0.15, 0.2) is 24.3 Å². The molecule has 0 saturated carbocycles. The van der Waals surface area contributed by atoms with Crippen LogP contribution in [0.5, 0.6) is 11.5 Å². The fraction of sp³-hybridized carbons (Fsp3) is 0.444. The van der Waals surface area contributed by atoms with Gasteiger partial charge in [-0.1, -0.05) is 6.07 Å². The van der Waals surface area contributed by atoms with Gasteiger partial charge in [-0.05, 0) is 31.5 Å². The number of anilines is 1. The van der Waals surface area contributed by atoms with E-state index in [0.717, 1.165) is 61.6 Å². The molecule has 1 saturated heterocycles. The Bertz CT molecular complexity index is 722. The van der Waals surface area contributed by atoms with E-state index < -0.39 is 0 Å². The van der Waals surface area contributed by atoms with E-state index in [4.69, 9.17) is 9.47 Å². The van der Waals surface area contributed by atoms with E-state index in [2.05, 4.69) is 38.0 Å². The van der Waals surface area contributed by atoms with E-state index in [1.54, 1.807) is 0 Å². The summed E-state index contributed by atoms with van der Waals surface area (Å²) in [7, 11) is 0. The van der Waals surface area contributed by atoms with Crippen LogP contribution in [0.25, 0.3) is 0 Å². The maximum absolute atomic E-state index is 5.46. The molecular formula is C18H22N4O2. The van der Waals surface area contributed by atoms with Gasteiger partial charge in [-0.15, -0.1) is 0 Å². The van der Waals surface area contributed by atoms with Crippen LogP contribution in [0.3, 0.4) is 0 Å². The molecule has 0 amide bonds. The van der Waals surface area contributed by atoms with Crippen molar-refractivity contribution >= 4 is 5.82 Å². The van der Waals surface area contributed by atoms with Gasteiger partial charge in [-0.2, -0.15) is 0 Å². The van der Waals surface area contributed by atoms with Gasteiger partial charge in [0, 0.05) is 44.5 Å². The van der Waals surface area contributed by atoms with Crippen molar-refractivity contribution in [2.75, 3.05) is 37.9 Å². The molecule has 2 aliphatic heterocycles. The Morgan fingerprint density at radius 1 is 0.958 bits per heavy atom. The minimum absolute atomic E-state index is 0.329. The molecule has 0 spiro atoms. The SMILES string of the molecule is Cc1cc(N2CCN(Cc3ccc4c(c3)OCO4)CC2)nc(C)n1. The van der Waals surface area contributed by atoms with Gasteiger partial charge in [-0.25, -0.2) is 9.97 Å². The highest BCUT2D eigenvalue weighted by Gasteiger charge is 2.20. The Kier molecular flexibility index (Phi) is 3.98. The molecule has 0 bridgehead atoms. The zero-order chi connectivity index (χ0) is 16.5. The molecule has 2 aliphatic rings. The highest BCUT2D eigenvalue weighted by molar-refractivity contribution is 5.44. The summed E-state index contributed by atoms with van der Waals surface area (Å²) in [4.78, 5) is 13.7. The standard InChI is InChI=1S/C18H22N4O2/c1-13-9-18(20-14(2)19-13)22-7-5-21(6-8-22)11-15-3-4-16-17(10-15)24-12-23-16/h3-4,9-10H,5-8,11-12H2,1-2H3. The van der Waals surface area contributed by atoms with Crippen molar-refractivity contribution in [3.8, 4) is 11.5 Å².